The first-order valence-electron chi connectivity index (χ1n) is 13.7. The Hall–Kier alpha value is -3.75. The molecule has 40 heavy (non-hydrogen) atoms. The molecule has 1 aromatic heterocycles. The number of piperazine rings is 1. The molecule has 3 aromatic carbocycles. The third-order valence-electron chi connectivity index (χ3n) is 7.28. The Labute approximate surface area is 239 Å². The van der Waals surface area contributed by atoms with Crippen LogP contribution in [0.1, 0.15) is 23.6 Å². The maximum atomic E-state index is 13.0. The lowest BCUT2D eigenvalue weighted by Gasteiger charge is -2.36. The summed E-state index contributed by atoms with van der Waals surface area (Å²) < 4.78 is 5.71. The van der Waals surface area contributed by atoms with Crippen molar-refractivity contribution >= 4 is 40.2 Å². The highest BCUT2D eigenvalue weighted by Crippen LogP contribution is 2.37. The second-order valence-electron chi connectivity index (χ2n) is 10.4. The van der Waals surface area contributed by atoms with Crippen LogP contribution in [0.3, 0.4) is 0 Å². The van der Waals surface area contributed by atoms with Gasteiger partial charge < -0.3 is 19.9 Å². The highest BCUT2D eigenvalue weighted by Gasteiger charge is 2.25. The van der Waals surface area contributed by atoms with E-state index in [9.17, 15) is 9.59 Å². The second kappa shape index (κ2) is 12.6. The molecule has 1 fully saturated rings. The Balaban J connectivity index is 1.17. The van der Waals surface area contributed by atoms with Gasteiger partial charge in [0, 0.05) is 66.4 Å². The van der Waals surface area contributed by atoms with E-state index in [4.69, 9.17) is 4.74 Å². The monoisotopic (exact) mass is 556 g/mol. The molecular formula is C32H36N4O3S. The number of rotatable bonds is 9. The fourth-order valence-corrected chi connectivity index (χ4v) is 6.21. The first-order valence-corrected chi connectivity index (χ1v) is 14.5. The van der Waals surface area contributed by atoms with Gasteiger partial charge in [-0.3, -0.25) is 9.69 Å². The molecule has 208 valence electrons. The van der Waals surface area contributed by atoms with Crippen molar-refractivity contribution in [1.29, 1.82) is 0 Å². The molecule has 0 unspecified atom stereocenters. The summed E-state index contributed by atoms with van der Waals surface area (Å²) in [4.78, 5) is 35.2. The van der Waals surface area contributed by atoms with Gasteiger partial charge in [0.05, 0.1) is 5.69 Å². The van der Waals surface area contributed by atoms with E-state index < -0.39 is 12.0 Å². The van der Waals surface area contributed by atoms with Gasteiger partial charge in [-0.05, 0) is 49.2 Å². The largest absolute Gasteiger partial charge is 0.448 e. The standard InChI is InChI=1S/C32H36N4O3S/c1-22-12-13-30(23(2)18-22)40-31-11-7-6-10-29(31)36-16-14-35(15-17-36)21-39-32(38)28(34-24(3)37)19-25-20-33-27-9-5-4-8-26(25)27/h4-13,18,20,28,33H,14-17,19,21H2,1-3H3,(H,34,37)/t28-/m0/s1. The van der Waals surface area contributed by atoms with Gasteiger partial charge in [-0.15, -0.1) is 0 Å². The normalized spacial score (nSPS) is 14.7. The summed E-state index contributed by atoms with van der Waals surface area (Å²) >= 11 is 1.81. The van der Waals surface area contributed by atoms with Gasteiger partial charge in [0.1, 0.15) is 12.8 Å². The predicted octanol–water partition coefficient (Wildman–Crippen LogP) is 5.31. The van der Waals surface area contributed by atoms with E-state index in [1.54, 1.807) is 11.8 Å². The third kappa shape index (κ3) is 6.69. The minimum Gasteiger partial charge on any atom is -0.448 e. The minimum atomic E-state index is -0.743. The molecule has 7 nitrogen and oxygen atoms in total. The SMILES string of the molecule is CC(=O)N[C@@H](Cc1c[nH]c2ccccc12)C(=O)OCN1CCN(c2ccccc2Sc2ccc(C)cc2C)CC1. The van der Waals surface area contributed by atoms with Crippen molar-refractivity contribution in [2.45, 2.75) is 43.0 Å². The maximum absolute atomic E-state index is 13.0. The van der Waals surface area contributed by atoms with Crippen molar-refractivity contribution in [3.63, 3.8) is 0 Å². The van der Waals surface area contributed by atoms with E-state index in [1.807, 2.05) is 30.5 Å². The average molecular weight is 557 g/mol. The van der Waals surface area contributed by atoms with Crippen molar-refractivity contribution in [1.82, 2.24) is 15.2 Å². The summed E-state index contributed by atoms with van der Waals surface area (Å²) in [7, 11) is 0. The number of amides is 1. The van der Waals surface area contributed by atoms with E-state index in [2.05, 4.69) is 76.4 Å². The Morgan fingerprint density at radius 3 is 2.50 bits per heavy atom. The van der Waals surface area contributed by atoms with Crippen LogP contribution in [0.4, 0.5) is 5.69 Å². The number of hydrogen-bond donors (Lipinski definition) is 2. The topological polar surface area (TPSA) is 77.7 Å². The quantitative estimate of drug-likeness (QED) is 0.272. The summed E-state index contributed by atoms with van der Waals surface area (Å²) in [5.74, 6) is -0.675. The highest BCUT2D eigenvalue weighted by atomic mass is 32.2. The maximum Gasteiger partial charge on any atom is 0.330 e. The Bertz CT molecular complexity index is 1490. The molecule has 1 amide bonds. The summed E-state index contributed by atoms with van der Waals surface area (Å²) in [6.07, 6.45) is 2.26. The number of esters is 1. The van der Waals surface area contributed by atoms with Gasteiger partial charge in [0.25, 0.3) is 0 Å². The molecule has 0 saturated carbocycles. The summed E-state index contributed by atoms with van der Waals surface area (Å²) in [6.45, 7) is 9.15. The van der Waals surface area contributed by atoms with Crippen LogP contribution in [0, 0.1) is 13.8 Å². The number of fused-ring (bicyclic) bond motifs is 1. The van der Waals surface area contributed by atoms with Gasteiger partial charge in [-0.25, -0.2) is 4.79 Å². The zero-order valence-electron chi connectivity index (χ0n) is 23.3. The Morgan fingerprint density at radius 2 is 1.73 bits per heavy atom. The van der Waals surface area contributed by atoms with E-state index in [1.165, 1.54) is 33.5 Å². The molecule has 1 aliphatic heterocycles. The van der Waals surface area contributed by atoms with Crippen LogP contribution in [-0.2, 0) is 20.7 Å². The number of H-pyrrole nitrogens is 1. The molecule has 0 spiro atoms. The molecular weight excluding hydrogens is 520 g/mol. The van der Waals surface area contributed by atoms with Gasteiger partial charge in [0.15, 0.2) is 0 Å². The molecule has 4 aromatic rings. The fraction of sp³-hybridized carbons (Fsp3) is 0.312. The molecule has 1 aliphatic rings. The second-order valence-corrected chi connectivity index (χ2v) is 11.4. The summed E-state index contributed by atoms with van der Waals surface area (Å²) in [6, 6.07) is 22.3. The molecule has 1 saturated heterocycles. The van der Waals surface area contributed by atoms with Gasteiger partial charge in [-0.2, -0.15) is 0 Å². The van der Waals surface area contributed by atoms with Crippen molar-refractivity contribution < 1.29 is 14.3 Å². The van der Waals surface area contributed by atoms with Crippen LogP contribution in [0.15, 0.2) is 82.7 Å². The lowest BCUT2D eigenvalue weighted by molar-refractivity contribution is -0.152. The van der Waals surface area contributed by atoms with Crippen molar-refractivity contribution in [2.75, 3.05) is 37.8 Å². The van der Waals surface area contributed by atoms with Crippen LogP contribution in [0.25, 0.3) is 10.9 Å². The first-order chi connectivity index (χ1) is 19.4. The average Bonchev–Trinajstić information content (AvgIpc) is 3.36. The van der Waals surface area contributed by atoms with E-state index in [-0.39, 0.29) is 12.6 Å². The lowest BCUT2D eigenvalue weighted by Crippen LogP contribution is -2.49. The number of carbonyl (C=O) groups excluding carboxylic acids is 2. The Kier molecular flexibility index (Phi) is 8.77. The molecule has 0 bridgehead atoms. The van der Waals surface area contributed by atoms with Crippen molar-refractivity contribution in [3.8, 4) is 0 Å². The molecule has 2 heterocycles. The van der Waals surface area contributed by atoms with Gasteiger partial charge in [-0.1, -0.05) is 59.8 Å². The zero-order valence-corrected chi connectivity index (χ0v) is 24.1. The van der Waals surface area contributed by atoms with E-state index >= 15 is 0 Å². The van der Waals surface area contributed by atoms with Crippen LogP contribution in [0.5, 0.6) is 0 Å². The zero-order chi connectivity index (χ0) is 28.1. The number of benzene rings is 3. The molecule has 1 atom stereocenters. The summed E-state index contributed by atoms with van der Waals surface area (Å²) in [5, 5.41) is 3.82. The number of carbonyl (C=O) groups is 2. The van der Waals surface area contributed by atoms with Crippen molar-refractivity contribution in [2.24, 2.45) is 0 Å². The van der Waals surface area contributed by atoms with Crippen molar-refractivity contribution in [3.05, 3.63) is 89.6 Å². The summed E-state index contributed by atoms with van der Waals surface area (Å²) in [5.41, 5.74) is 5.76. The van der Waals surface area contributed by atoms with Crippen LogP contribution < -0.4 is 10.2 Å². The number of anilines is 1. The number of hydrogen-bond acceptors (Lipinski definition) is 6. The van der Waals surface area contributed by atoms with Crippen LogP contribution >= 0.6 is 11.8 Å². The predicted molar refractivity (Wildman–Crippen MR) is 161 cm³/mol. The number of nitrogens with zero attached hydrogens (tertiary/aromatic N) is 2. The molecule has 0 aliphatic carbocycles. The number of aromatic nitrogens is 1. The number of aryl methyl sites for hydroxylation is 2. The molecule has 8 heteroatoms. The van der Waals surface area contributed by atoms with Gasteiger partial charge >= 0.3 is 5.97 Å². The molecule has 0 radical (unpaired) electrons. The van der Waals surface area contributed by atoms with E-state index in [0.29, 0.717) is 6.42 Å². The number of para-hydroxylation sites is 2. The highest BCUT2D eigenvalue weighted by molar-refractivity contribution is 7.99. The Morgan fingerprint density at radius 1 is 0.975 bits per heavy atom. The third-order valence-corrected chi connectivity index (χ3v) is 8.52. The molecule has 5 rings (SSSR count). The number of aromatic amines is 1. The fourth-order valence-electron chi connectivity index (χ4n) is 5.17. The minimum absolute atomic E-state index is 0.204. The van der Waals surface area contributed by atoms with Crippen LogP contribution in [0.2, 0.25) is 0 Å². The number of nitrogens with one attached hydrogen (secondary N) is 2. The smallest absolute Gasteiger partial charge is 0.330 e. The van der Waals surface area contributed by atoms with Gasteiger partial charge in [0.2, 0.25) is 5.91 Å². The molecule has 2 N–H and O–H groups in total. The van der Waals surface area contributed by atoms with E-state index in [0.717, 1.165) is 42.6 Å². The lowest BCUT2D eigenvalue weighted by atomic mass is 10.0. The van der Waals surface area contributed by atoms with Crippen LogP contribution in [-0.4, -0.2) is 60.7 Å². The number of ether oxygens (including phenoxy) is 1. The first kappa shape index (κ1) is 27.8.